The van der Waals surface area contributed by atoms with Crippen molar-refractivity contribution in [3.63, 3.8) is 0 Å². The van der Waals surface area contributed by atoms with Gasteiger partial charge in [0.2, 0.25) is 0 Å². The molecule has 0 atom stereocenters. The highest BCUT2D eigenvalue weighted by molar-refractivity contribution is 5.15. The molecule has 94 valence electrons. The fourth-order valence-electron chi connectivity index (χ4n) is 2.78. The fraction of sp³-hybridized carbons (Fsp3) is 0.600. The highest BCUT2D eigenvalue weighted by atomic mass is 15.2. The van der Waals surface area contributed by atoms with E-state index < -0.39 is 0 Å². The van der Waals surface area contributed by atoms with Crippen molar-refractivity contribution in [2.24, 2.45) is 11.7 Å². The summed E-state index contributed by atoms with van der Waals surface area (Å²) in [5, 5.41) is 0. The van der Waals surface area contributed by atoms with E-state index in [0.717, 1.165) is 18.8 Å². The summed E-state index contributed by atoms with van der Waals surface area (Å²) in [6.07, 6.45) is 5.96. The molecule has 2 N–H and O–H groups in total. The maximum atomic E-state index is 6.38. The standard InChI is InChI=1S/C15H24N2/c1-17(2)15(16)10-8-14(9-11-15)12-13-6-4-3-5-7-13/h3-7,14H,8-12,16H2,1-2H3. The molecule has 1 aliphatic carbocycles. The number of hydrogen-bond donors (Lipinski definition) is 1. The van der Waals surface area contributed by atoms with E-state index in [1.165, 1.54) is 24.8 Å². The first-order valence-electron chi connectivity index (χ1n) is 6.60. The average molecular weight is 232 g/mol. The minimum atomic E-state index is -0.0623. The Bertz CT molecular complexity index is 337. The lowest BCUT2D eigenvalue weighted by atomic mass is 9.79. The van der Waals surface area contributed by atoms with Gasteiger partial charge in [0.05, 0.1) is 5.66 Å². The van der Waals surface area contributed by atoms with Crippen LogP contribution in [0.1, 0.15) is 31.2 Å². The second kappa shape index (κ2) is 5.19. The van der Waals surface area contributed by atoms with Crippen LogP contribution in [0.15, 0.2) is 30.3 Å². The van der Waals surface area contributed by atoms with Crippen LogP contribution in [0.2, 0.25) is 0 Å². The topological polar surface area (TPSA) is 29.3 Å². The van der Waals surface area contributed by atoms with Crippen molar-refractivity contribution < 1.29 is 0 Å². The molecule has 1 aromatic carbocycles. The minimum absolute atomic E-state index is 0.0623. The predicted octanol–water partition coefficient (Wildman–Crippen LogP) is 2.64. The fourth-order valence-corrected chi connectivity index (χ4v) is 2.78. The van der Waals surface area contributed by atoms with Gasteiger partial charge in [-0.05, 0) is 57.7 Å². The normalized spacial score (nSPS) is 29.5. The Kier molecular flexibility index (Phi) is 3.85. The third-order valence-electron chi connectivity index (χ3n) is 4.23. The zero-order chi connectivity index (χ0) is 12.3. The lowest BCUT2D eigenvalue weighted by Gasteiger charge is -2.42. The zero-order valence-corrected chi connectivity index (χ0v) is 11.0. The molecule has 2 heteroatoms. The number of rotatable bonds is 3. The molecule has 0 radical (unpaired) electrons. The van der Waals surface area contributed by atoms with E-state index in [1.807, 2.05) is 0 Å². The van der Waals surface area contributed by atoms with Crippen LogP contribution >= 0.6 is 0 Å². The number of nitrogens with two attached hydrogens (primary N) is 1. The molecule has 2 nitrogen and oxygen atoms in total. The van der Waals surface area contributed by atoms with Crippen LogP contribution in [0.4, 0.5) is 0 Å². The van der Waals surface area contributed by atoms with Gasteiger partial charge in [0.25, 0.3) is 0 Å². The Labute approximate surface area is 105 Å². The monoisotopic (exact) mass is 232 g/mol. The summed E-state index contributed by atoms with van der Waals surface area (Å²) < 4.78 is 0. The van der Waals surface area contributed by atoms with E-state index in [-0.39, 0.29) is 5.66 Å². The summed E-state index contributed by atoms with van der Waals surface area (Å²) >= 11 is 0. The molecule has 0 aromatic heterocycles. The maximum Gasteiger partial charge on any atom is 0.0682 e. The second-order valence-corrected chi connectivity index (χ2v) is 5.63. The third-order valence-corrected chi connectivity index (χ3v) is 4.23. The molecule has 0 aliphatic heterocycles. The van der Waals surface area contributed by atoms with Crippen molar-refractivity contribution >= 4 is 0 Å². The molecular formula is C15H24N2. The highest BCUT2D eigenvalue weighted by Gasteiger charge is 2.33. The molecule has 1 fully saturated rings. The van der Waals surface area contributed by atoms with Crippen LogP contribution in [-0.4, -0.2) is 24.7 Å². The van der Waals surface area contributed by atoms with Crippen LogP contribution in [0.3, 0.4) is 0 Å². The number of benzene rings is 1. The van der Waals surface area contributed by atoms with Gasteiger partial charge in [-0.25, -0.2) is 0 Å². The van der Waals surface area contributed by atoms with Crippen molar-refractivity contribution in [1.29, 1.82) is 0 Å². The highest BCUT2D eigenvalue weighted by Crippen LogP contribution is 2.33. The van der Waals surface area contributed by atoms with Crippen LogP contribution in [-0.2, 0) is 6.42 Å². The minimum Gasteiger partial charge on any atom is -0.313 e. The zero-order valence-electron chi connectivity index (χ0n) is 11.0. The van der Waals surface area contributed by atoms with E-state index >= 15 is 0 Å². The molecule has 1 aromatic rings. The van der Waals surface area contributed by atoms with Crippen molar-refractivity contribution in [3.05, 3.63) is 35.9 Å². The first-order chi connectivity index (χ1) is 8.10. The summed E-state index contributed by atoms with van der Waals surface area (Å²) in [5.74, 6) is 0.814. The Balaban J connectivity index is 1.88. The molecule has 0 amide bonds. The molecule has 2 rings (SSSR count). The second-order valence-electron chi connectivity index (χ2n) is 5.63. The summed E-state index contributed by atoms with van der Waals surface area (Å²) in [4.78, 5) is 2.19. The first kappa shape index (κ1) is 12.6. The summed E-state index contributed by atoms with van der Waals surface area (Å²) in [6, 6.07) is 10.8. The molecule has 0 saturated heterocycles. The van der Waals surface area contributed by atoms with Crippen molar-refractivity contribution in [3.8, 4) is 0 Å². The maximum absolute atomic E-state index is 6.38. The molecule has 17 heavy (non-hydrogen) atoms. The smallest absolute Gasteiger partial charge is 0.0682 e. The van der Waals surface area contributed by atoms with Crippen molar-refractivity contribution in [1.82, 2.24) is 4.90 Å². The molecular weight excluding hydrogens is 208 g/mol. The van der Waals surface area contributed by atoms with Gasteiger partial charge in [0, 0.05) is 0 Å². The van der Waals surface area contributed by atoms with Gasteiger partial charge in [0.15, 0.2) is 0 Å². The lowest BCUT2D eigenvalue weighted by molar-refractivity contribution is 0.0855. The Morgan fingerprint density at radius 2 is 1.76 bits per heavy atom. The van der Waals surface area contributed by atoms with E-state index in [0.29, 0.717) is 0 Å². The molecule has 0 spiro atoms. The van der Waals surface area contributed by atoms with Gasteiger partial charge in [-0.3, -0.25) is 4.90 Å². The van der Waals surface area contributed by atoms with Crippen molar-refractivity contribution in [2.45, 2.75) is 37.8 Å². The predicted molar refractivity (Wildman–Crippen MR) is 72.7 cm³/mol. The molecule has 1 aliphatic rings. The molecule has 1 saturated carbocycles. The third kappa shape index (κ3) is 3.08. The quantitative estimate of drug-likeness (QED) is 0.812. The summed E-state index contributed by atoms with van der Waals surface area (Å²) in [7, 11) is 4.19. The first-order valence-corrected chi connectivity index (χ1v) is 6.60. The Morgan fingerprint density at radius 3 is 2.29 bits per heavy atom. The van der Waals surface area contributed by atoms with Gasteiger partial charge in [-0.1, -0.05) is 30.3 Å². The molecule has 0 heterocycles. The molecule has 0 bridgehead atoms. The van der Waals surface area contributed by atoms with Gasteiger partial charge in [-0.2, -0.15) is 0 Å². The van der Waals surface area contributed by atoms with Crippen LogP contribution in [0, 0.1) is 5.92 Å². The van der Waals surface area contributed by atoms with Crippen LogP contribution in [0.25, 0.3) is 0 Å². The van der Waals surface area contributed by atoms with Crippen LogP contribution in [0.5, 0.6) is 0 Å². The lowest BCUT2D eigenvalue weighted by Crippen LogP contribution is -2.54. The Morgan fingerprint density at radius 1 is 1.18 bits per heavy atom. The number of nitrogens with zero attached hydrogens (tertiary/aromatic N) is 1. The summed E-state index contributed by atoms with van der Waals surface area (Å²) in [5.41, 5.74) is 7.79. The molecule has 0 unspecified atom stereocenters. The Hall–Kier alpha value is -0.860. The van der Waals surface area contributed by atoms with Gasteiger partial charge >= 0.3 is 0 Å². The number of hydrogen-bond acceptors (Lipinski definition) is 2. The van der Waals surface area contributed by atoms with Crippen LogP contribution < -0.4 is 5.73 Å². The SMILES string of the molecule is CN(C)C1(N)CCC(Cc2ccccc2)CC1. The summed E-state index contributed by atoms with van der Waals surface area (Å²) in [6.45, 7) is 0. The van der Waals surface area contributed by atoms with E-state index in [2.05, 4.69) is 49.3 Å². The van der Waals surface area contributed by atoms with Gasteiger partial charge < -0.3 is 5.73 Å². The van der Waals surface area contributed by atoms with E-state index in [9.17, 15) is 0 Å². The van der Waals surface area contributed by atoms with E-state index in [4.69, 9.17) is 5.73 Å². The van der Waals surface area contributed by atoms with E-state index in [1.54, 1.807) is 0 Å². The van der Waals surface area contributed by atoms with Gasteiger partial charge in [-0.15, -0.1) is 0 Å². The largest absolute Gasteiger partial charge is 0.313 e. The van der Waals surface area contributed by atoms with Crippen molar-refractivity contribution in [2.75, 3.05) is 14.1 Å². The van der Waals surface area contributed by atoms with Gasteiger partial charge in [0.1, 0.15) is 0 Å². The average Bonchev–Trinajstić information content (AvgIpc) is 2.33.